The number of hydrogen-bond acceptors (Lipinski definition) is 4. The normalized spacial score (nSPS) is 21.9. The molecule has 1 fully saturated rings. The Hall–Kier alpha value is -0.910. The van der Waals surface area contributed by atoms with Crippen LogP contribution in [-0.2, 0) is 11.3 Å². The lowest BCUT2D eigenvalue weighted by Gasteiger charge is -2.19. The quantitative estimate of drug-likeness (QED) is 0.578. The van der Waals surface area contributed by atoms with Gasteiger partial charge in [0.05, 0.1) is 6.04 Å². The Morgan fingerprint density at radius 1 is 1.71 bits per heavy atom. The van der Waals surface area contributed by atoms with Crippen molar-refractivity contribution in [2.24, 2.45) is 11.8 Å². The molecule has 0 amide bonds. The van der Waals surface area contributed by atoms with Crippen LogP contribution in [0.5, 0.6) is 0 Å². The number of nitrogens with one attached hydrogen (secondary N) is 1. The van der Waals surface area contributed by atoms with E-state index in [1.807, 2.05) is 12.4 Å². The van der Waals surface area contributed by atoms with Gasteiger partial charge in [-0.2, -0.15) is 0 Å². The summed E-state index contributed by atoms with van der Waals surface area (Å²) in [7, 11) is 0. The second-order valence-corrected chi connectivity index (χ2v) is 4.66. The minimum absolute atomic E-state index is 0.128. The zero-order valence-corrected chi connectivity index (χ0v) is 10.4. The molecule has 2 unspecified atom stereocenters. The third-order valence-electron chi connectivity index (χ3n) is 3.32. The van der Waals surface area contributed by atoms with E-state index in [1.165, 1.54) is 0 Å². The molecule has 2 atom stereocenters. The molecule has 2 heterocycles. The molecule has 1 aliphatic heterocycles. The average molecular weight is 238 g/mol. The fourth-order valence-electron chi connectivity index (χ4n) is 2.41. The van der Waals surface area contributed by atoms with Crippen LogP contribution in [0.15, 0.2) is 12.4 Å². The van der Waals surface area contributed by atoms with Crippen molar-refractivity contribution in [3.05, 3.63) is 18.2 Å². The summed E-state index contributed by atoms with van der Waals surface area (Å²) in [6.45, 7) is 4.90. The van der Waals surface area contributed by atoms with E-state index >= 15 is 0 Å². The highest BCUT2D eigenvalue weighted by Gasteiger charge is 2.23. The number of ether oxygens (including phenoxy) is 1. The maximum Gasteiger partial charge on any atom is 0.127 e. The fraction of sp³-hybridized carbons (Fsp3) is 0.750. The third kappa shape index (κ3) is 3.06. The molecular weight excluding hydrogens is 216 g/mol. The van der Waals surface area contributed by atoms with E-state index in [1.54, 1.807) is 0 Å². The summed E-state index contributed by atoms with van der Waals surface area (Å²) in [6, 6.07) is 0.128. The molecule has 0 aromatic carbocycles. The summed E-state index contributed by atoms with van der Waals surface area (Å²) in [6.07, 6.45) is 7.10. The monoisotopic (exact) mass is 238 g/mol. The molecular formula is C12H22N4O. The van der Waals surface area contributed by atoms with Gasteiger partial charge in [0, 0.05) is 32.2 Å². The van der Waals surface area contributed by atoms with Crippen molar-refractivity contribution >= 4 is 0 Å². The Kier molecular flexibility index (Phi) is 4.53. The van der Waals surface area contributed by atoms with Crippen LogP contribution in [0.4, 0.5) is 0 Å². The Labute approximate surface area is 102 Å². The highest BCUT2D eigenvalue weighted by Crippen LogP contribution is 2.25. The molecule has 1 aliphatic rings. The van der Waals surface area contributed by atoms with E-state index in [2.05, 4.69) is 21.9 Å². The molecule has 5 heteroatoms. The lowest BCUT2D eigenvalue weighted by atomic mass is 9.99. The molecule has 5 nitrogen and oxygen atoms in total. The Morgan fingerprint density at radius 3 is 3.24 bits per heavy atom. The lowest BCUT2D eigenvalue weighted by molar-refractivity contribution is 0.181. The average Bonchev–Trinajstić information content (AvgIpc) is 2.97. The summed E-state index contributed by atoms with van der Waals surface area (Å²) in [5.41, 5.74) is 2.89. The minimum atomic E-state index is 0.128. The molecule has 1 aromatic rings. The summed E-state index contributed by atoms with van der Waals surface area (Å²) in [5, 5.41) is 0. The third-order valence-corrected chi connectivity index (χ3v) is 3.32. The number of nitrogens with two attached hydrogens (primary N) is 1. The number of rotatable bonds is 6. The van der Waals surface area contributed by atoms with E-state index in [0.29, 0.717) is 5.92 Å². The molecule has 0 aliphatic carbocycles. The van der Waals surface area contributed by atoms with Gasteiger partial charge >= 0.3 is 0 Å². The Balaban J connectivity index is 2.02. The molecule has 1 aromatic heterocycles. The summed E-state index contributed by atoms with van der Waals surface area (Å²) >= 11 is 0. The largest absolute Gasteiger partial charge is 0.381 e. The molecule has 0 saturated carbocycles. The van der Waals surface area contributed by atoms with Crippen molar-refractivity contribution in [2.75, 3.05) is 13.2 Å². The van der Waals surface area contributed by atoms with Crippen molar-refractivity contribution in [1.29, 1.82) is 0 Å². The molecule has 3 N–H and O–H groups in total. The van der Waals surface area contributed by atoms with Crippen LogP contribution in [0.2, 0.25) is 0 Å². The zero-order valence-electron chi connectivity index (χ0n) is 10.4. The first kappa shape index (κ1) is 12.5. The predicted molar refractivity (Wildman–Crippen MR) is 66.1 cm³/mol. The molecule has 2 rings (SSSR count). The second kappa shape index (κ2) is 6.14. The van der Waals surface area contributed by atoms with Gasteiger partial charge in [0.1, 0.15) is 5.82 Å². The summed E-state index contributed by atoms with van der Waals surface area (Å²) in [5.74, 6) is 7.31. The van der Waals surface area contributed by atoms with Crippen molar-refractivity contribution < 1.29 is 4.74 Å². The van der Waals surface area contributed by atoms with Crippen molar-refractivity contribution in [2.45, 2.75) is 38.8 Å². The molecule has 96 valence electrons. The number of aromatic nitrogens is 2. The van der Waals surface area contributed by atoms with Crippen LogP contribution in [0, 0.1) is 5.92 Å². The van der Waals surface area contributed by atoms with Gasteiger partial charge in [-0.1, -0.05) is 6.92 Å². The van der Waals surface area contributed by atoms with Crippen molar-refractivity contribution in [3.8, 4) is 0 Å². The van der Waals surface area contributed by atoms with Crippen LogP contribution in [0.3, 0.4) is 0 Å². The van der Waals surface area contributed by atoms with E-state index in [9.17, 15) is 0 Å². The van der Waals surface area contributed by atoms with Crippen LogP contribution in [0.1, 0.15) is 38.1 Å². The van der Waals surface area contributed by atoms with Crippen molar-refractivity contribution in [3.63, 3.8) is 0 Å². The smallest absolute Gasteiger partial charge is 0.127 e. The maximum atomic E-state index is 5.66. The van der Waals surface area contributed by atoms with Gasteiger partial charge in [-0.25, -0.2) is 10.4 Å². The zero-order chi connectivity index (χ0) is 12.1. The number of hydrazine groups is 1. The Morgan fingerprint density at radius 2 is 2.59 bits per heavy atom. The van der Waals surface area contributed by atoms with Gasteiger partial charge in [0.15, 0.2) is 0 Å². The van der Waals surface area contributed by atoms with Gasteiger partial charge in [-0.3, -0.25) is 5.84 Å². The molecule has 0 spiro atoms. The topological polar surface area (TPSA) is 65.1 Å². The predicted octanol–water partition coefficient (Wildman–Crippen LogP) is 1.22. The van der Waals surface area contributed by atoms with Crippen LogP contribution in [0.25, 0.3) is 0 Å². The molecule has 1 saturated heterocycles. The first-order valence-electron chi connectivity index (χ1n) is 6.40. The van der Waals surface area contributed by atoms with Crippen LogP contribution < -0.4 is 11.3 Å². The van der Waals surface area contributed by atoms with E-state index in [0.717, 1.165) is 44.8 Å². The van der Waals surface area contributed by atoms with Crippen LogP contribution >= 0.6 is 0 Å². The van der Waals surface area contributed by atoms with Gasteiger partial charge in [0.2, 0.25) is 0 Å². The molecule has 17 heavy (non-hydrogen) atoms. The van der Waals surface area contributed by atoms with Crippen LogP contribution in [-0.4, -0.2) is 22.8 Å². The fourth-order valence-corrected chi connectivity index (χ4v) is 2.41. The molecule has 0 radical (unpaired) electrons. The number of nitrogens with zero attached hydrogens (tertiary/aromatic N) is 2. The molecule has 0 bridgehead atoms. The summed E-state index contributed by atoms with van der Waals surface area (Å²) in [4.78, 5) is 4.43. The number of imidazole rings is 1. The first-order chi connectivity index (χ1) is 8.35. The highest BCUT2D eigenvalue weighted by atomic mass is 16.5. The standard InChI is InChI=1S/C12H22N4O/c1-2-5-16-6-4-14-12(16)11(15-13)8-10-3-7-17-9-10/h4,6,10-11,15H,2-3,5,7-9,13H2,1H3. The van der Waals surface area contributed by atoms with Gasteiger partial charge in [-0.15, -0.1) is 0 Å². The second-order valence-electron chi connectivity index (χ2n) is 4.66. The summed E-state index contributed by atoms with van der Waals surface area (Å²) < 4.78 is 7.58. The number of hydrogen-bond donors (Lipinski definition) is 2. The first-order valence-corrected chi connectivity index (χ1v) is 6.40. The van der Waals surface area contributed by atoms with Crippen molar-refractivity contribution in [1.82, 2.24) is 15.0 Å². The highest BCUT2D eigenvalue weighted by molar-refractivity contribution is 5.00. The van der Waals surface area contributed by atoms with Gasteiger partial charge in [0.25, 0.3) is 0 Å². The van der Waals surface area contributed by atoms with Gasteiger partial charge in [-0.05, 0) is 25.2 Å². The maximum absolute atomic E-state index is 5.66. The van der Waals surface area contributed by atoms with E-state index < -0.39 is 0 Å². The van der Waals surface area contributed by atoms with E-state index in [-0.39, 0.29) is 6.04 Å². The Bertz CT molecular complexity index is 333. The lowest BCUT2D eigenvalue weighted by Crippen LogP contribution is -2.32. The van der Waals surface area contributed by atoms with E-state index in [4.69, 9.17) is 10.6 Å². The van der Waals surface area contributed by atoms with Gasteiger partial charge < -0.3 is 9.30 Å². The number of aryl methyl sites for hydroxylation is 1. The minimum Gasteiger partial charge on any atom is -0.381 e. The SMILES string of the molecule is CCCn1ccnc1C(CC1CCOC1)NN.